The summed E-state index contributed by atoms with van der Waals surface area (Å²) in [5, 5.41) is 0. The second kappa shape index (κ2) is 10.2. The average molecular weight is 428 g/mol. The van der Waals surface area contributed by atoms with Crippen LogP contribution in [-0.2, 0) is 9.53 Å². The van der Waals surface area contributed by atoms with Gasteiger partial charge in [0.1, 0.15) is 5.82 Å². The first-order valence-electron chi connectivity index (χ1n) is 10.6. The summed E-state index contributed by atoms with van der Waals surface area (Å²) in [6, 6.07) is 5.07. The van der Waals surface area contributed by atoms with E-state index in [1.807, 2.05) is 26.8 Å². The molecule has 0 N–H and O–H groups in total. The Labute approximate surface area is 182 Å². The number of piperazine rings is 1. The molecule has 1 aliphatic heterocycles. The second-order valence-electron chi connectivity index (χ2n) is 7.72. The molecule has 31 heavy (non-hydrogen) atoms. The van der Waals surface area contributed by atoms with Crippen molar-refractivity contribution in [3.63, 3.8) is 0 Å². The number of pyridine rings is 1. The van der Waals surface area contributed by atoms with Crippen LogP contribution in [0.2, 0.25) is 0 Å². The molecule has 3 rings (SSSR count). The molecule has 0 aromatic carbocycles. The average Bonchev–Trinajstić information content (AvgIpc) is 2.74. The highest BCUT2D eigenvalue weighted by molar-refractivity contribution is 5.72. The Morgan fingerprint density at radius 1 is 1.19 bits per heavy atom. The Morgan fingerprint density at radius 2 is 1.94 bits per heavy atom. The lowest BCUT2D eigenvalue weighted by Gasteiger charge is -2.44. The number of carbonyl (C=O) groups excluding carboxylic acids is 2. The van der Waals surface area contributed by atoms with Gasteiger partial charge in [-0.15, -0.1) is 0 Å². The summed E-state index contributed by atoms with van der Waals surface area (Å²) in [6.07, 6.45) is 4.99. The molecule has 0 radical (unpaired) electrons. The summed E-state index contributed by atoms with van der Waals surface area (Å²) < 4.78 is 10.9. The summed E-state index contributed by atoms with van der Waals surface area (Å²) in [4.78, 5) is 41.2. The number of hydrogen-bond acceptors (Lipinski definition) is 8. The van der Waals surface area contributed by atoms with Gasteiger partial charge in [-0.3, -0.25) is 14.7 Å². The fraction of sp³-hybridized carbons (Fsp3) is 0.500. The van der Waals surface area contributed by atoms with Crippen LogP contribution in [0.25, 0.3) is 0 Å². The Morgan fingerprint density at radius 3 is 2.58 bits per heavy atom. The highest BCUT2D eigenvalue weighted by Gasteiger charge is 2.35. The molecule has 1 aliphatic rings. The predicted molar refractivity (Wildman–Crippen MR) is 115 cm³/mol. The van der Waals surface area contributed by atoms with E-state index in [1.54, 1.807) is 36.4 Å². The molecule has 1 saturated heterocycles. The number of rotatable bonds is 6. The monoisotopic (exact) mass is 427 g/mol. The number of ether oxygens (including phenoxy) is 2. The molecule has 2 aromatic rings. The Balaban J connectivity index is 1.66. The third-order valence-corrected chi connectivity index (χ3v) is 5.08. The zero-order chi connectivity index (χ0) is 22.4. The summed E-state index contributed by atoms with van der Waals surface area (Å²) in [5.41, 5.74) is 0. The van der Waals surface area contributed by atoms with Crippen LogP contribution in [0.3, 0.4) is 0 Å². The molecular weight excluding hydrogens is 398 g/mol. The highest BCUT2D eigenvalue weighted by Crippen LogP contribution is 2.24. The molecule has 0 bridgehead atoms. The Hall–Kier alpha value is -3.23. The molecule has 166 valence electrons. The van der Waals surface area contributed by atoms with E-state index in [9.17, 15) is 9.59 Å². The minimum absolute atomic E-state index is 0.0915. The second-order valence-corrected chi connectivity index (χ2v) is 7.72. The first-order valence-corrected chi connectivity index (χ1v) is 10.6. The van der Waals surface area contributed by atoms with Crippen LogP contribution in [0.5, 0.6) is 5.75 Å². The van der Waals surface area contributed by atoms with Gasteiger partial charge in [0.2, 0.25) is 0 Å². The standard InChI is InChI=1S/C22H29N5O4/c1-5-7-20(28)30-17(4)21-24-11-9-19(25-21)26-13-15(2)27(16(3)14-26)22(29)31-18-8-6-10-23-12-18/h6,8-12,15-17H,5,7,13-14H2,1-4H3/t15-,16+,17-/m1/s1. The van der Waals surface area contributed by atoms with Crippen molar-refractivity contribution in [2.24, 2.45) is 0 Å². The molecular formula is C22H29N5O4. The van der Waals surface area contributed by atoms with Gasteiger partial charge in [-0.25, -0.2) is 14.8 Å². The molecule has 0 unspecified atom stereocenters. The van der Waals surface area contributed by atoms with Crippen molar-refractivity contribution in [1.29, 1.82) is 0 Å². The minimum atomic E-state index is -0.524. The third-order valence-electron chi connectivity index (χ3n) is 5.08. The van der Waals surface area contributed by atoms with Gasteiger partial charge in [0, 0.05) is 31.9 Å². The van der Waals surface area contributed by atoms with Gasteiger partial charge in [-0.05, 0) is 45.4 Å². The van der Waals surface area contributed by atoms with E-state index in [-0.39, 0.29) is 18.1 Å². The number of carbonyl (C=O) groups is 2. The number of aromatic nitrogens is 3. The van der Waals surface area contributed by atoms with Crippen molar-refractivity contribution >= 4 is 17.9 Å². The van der Waals surface area contributed by atoms with Gasteiger partial charge >= 0.3 is 12.1 Å². The Bertz CT molecular complexity index is 882. The molecule has 0 spiro atoms. The van der Waals surface area contributed by atoms with Crippen molar-refractivity contribution in [1.82, 2.24) is 19.9 Å². The summed E-state index contributed by atoms with van der Waals surface area (Å²) in [7, 11) is 0. The Kier molecular flexibility index (Phi) is 7.38. The van der Waals surface area contributed by atoms with Crippen LogP contribution < -0.4 is 9.64 Å². The van der Waals surface area contributed by atoms with Gasteiger partial charge in [0.25, 0.3) is 0 Å². The molecule has 0 aliphatic carbocycles. The number of amides is 1. The van der Waals surface area contributed by atoms with Gasteiger partial charge in [-0.2, -0.15) is 0 Å². The predicted octanol–water partition coefficient (Wildman–Crippen LogP) is 3.37. The van der Waals surface area contributed by atoms with Crippen molar-refractivity contribution in [2.75, 3.05) is 18.0 Å². The number of nitrogens with zero attached hydrogens (tertiary/aromatic N) is 5. The van der Waals surface area contributed by atoms with Crippen molar-refractivity contribution in [3.8, 4) is 5.75 Å². The quantitative estimate of drug-likeness (QED) is 0.647. The van der Waals surface area contributed by atoms with Crippen LogP contribution in [-0.4, -0.2) is 57.1 Å². The smallest absolute Gasteiger partial charge is 0.415 e. The van der Waals surface area contributed by atoms with Crippen molar-refractivity contribution < 1.29 is 19.1 Å². The van der Waals surface area contributed by atoms with Crippen LogP contribution in [0.1, 0.15) is 52.5 Å². The van der Waals surface area contributed by atoms with Crippen molar-refractivity contribution in [3.05, 3.63) is 42.6 Å². The molecule has 9 nitrogen and oxygen atoms in total. The van der Waals surface area contributed by atoms with E-state index in [0.29, 0.717) is 31.1 Å². The van der Waals surface area contributed by atoms with Crippen LogP contribution >= 0.6 is 0 Å². The SMILES string of the molecule is CCCC(=O)O[C@H](C)c1nccc(N2C[C@@H](C)N(C(=O)Oc3cccnc3)[C@@H](C)C2)n1. The number of anilines is 1. The van der Waals surface area contributed by atoms with E-state index >= 15 is 0 Å². The fourth-order valence-corrected chi connectivity index (χ4v) is 3.68. The van der Waals surface area contributed by atoms with Gasteiger partial charge in [-0.1, -0.05) is 6.92 Å². The molecule has 1 fully saturated rings. The lowest BCUT2D eigenvalue weighted by Crippen LogP contribution is -2.59. The first-order chi connectivity index (χ1) is 14.9. The van der Waals surface area contributed by atoms with E-state index < -0.39 is 12.2 Å². The summed E-state index contributed by atoms with van der Waals surface area (Å²) >= 11 is 0. The van der Waals surface area contributed by atoms with Crippen LogP contribution in [0.4, 0.5) is 10.6 Å². The van der Waals surface area contributed by atoms with Gasteiger partial charge in [0.15, 0.2) is 17.7 Å². The maximum atomic E-state index is 12.7. The largest absolute Gasteiger partial charge is 0.454 e. The van der Waals surface area contributed by atoms with E-state index in [1.165, 1.54) is 6.20 Å². The van der Waals surface area contributed by atoms with Crippen molar-refractivity contribution in [2.45, 2.75) is 58.7 Å². The summed E-state index contributed by atoms with van der Waals surface area (Å²) in [6.45, 7) is 8.83. The topological polar surface area (TPSA) is 97.8 Å². The first kappa shape index (κ1) is 22.5. The lowest BCUT2D eigenvalue weighted by molar-refractivity contribution is -0.149. The molecule has 0 saturated carbocycles. The number of hydrogen-bond donors (Lipinski definition) is 0. The zero-order valence-electron chi connectivity index (χ0n) is 18.4. The molecule has 2 aromatic heterocycles. The maximum Gasteiger partial charge on any atom is 0.415 e. The molecule has 3 atom stereocenters. The molecule has 1 amide bonds. The highest BCUT2D eigenvalue weighted by atomic mass is 16.6. The minimum Gasteiger partial charge on any atom is -0.454 e. The van der Waals surface area contributed by atoms with Crippen LogP contribution in [0, 0.1) is 0 Å². The summed E-state index contributed by atoms with van der Waals surface area (Å²) in [5.74, 6) is 1.36. The maximum absolute atomic E-state index is 12.7. The van der Waals surface area contributed by atoms with Crippen LogP contribution in [0.15, 0.2) is 36.8 Å². The normalized spacial score (nSPS) is 19.6. The fourth-order valence-electron chi connectivity index (χ4n) is 3.68. The lowest BCUT2D eigenvalue weighted by atomic mass is 10.1. The third kappa shape index (κ3) is 5.68. The number of esters is 1. The van der Waals surface area contributed by atoms with E-state index in [2.05, 4.69) is 19.9 Å². The zero-order valence-corrected chi connectivity index (χ0v) is 18.4. The van der Waals surface area contributed by atoms with Gasteiger partial charge in [0.05, 0.1) is 18.3 Å². The van der Waals surface area contributed by atoms with E-state index in [0.717, 1.165) is 12.2 Å². The molecule has 3 heterocycles. The molecule has 9 heteroatoms. The van der Waals surface area contributed by atoms with E-state index in [4.69, 9.17) is 9.47 Å². The van der Waals surface area contributed by atoms with Gasteiger partial charge < -0.3 is 14.4 Å².